The molecular weight excluding hydrogens is 472 g/mol. The number of rotatable bonds is 10. The molecule has 7 heteroatoms. The van der Waals surface area contributed by atoms with E-state index in [1.807, 2.05) is 54.6 Å². The second-order valence-electron chi connectivity index (χ2n) is 9.46. The van der Waals surface area contributed by atoms with Gasteiger partial charge in [-0.1, -0.05) is 25.1 Å². The third-order valence-electron chi connectivity index (χ3n) is 7.25. The Morgan fingerprint density at radius 2 is 1.73 bits per heavy atom. The third kappa shape index (κ3) is 4.71. The number of ether oxygens (including phenoxy) is 4. The Morgan fingerprint density at radius 1 is 0.946 bits per heavy atom. The Balaban J connectivity index is 1.69. The first-order valence-electron chi connectivity index (χ1n) is 12.7. The summed E-state index contributed by atoms with van der Waals surface area (Å²) < 4.78 is 22.5. The van der Waals surface area contributed by atoms with Gasteiger partial charge in [0.05, 0.1) is 19.6 Å². The van der Waals surface area contributed by atoms with E-state index in [0.29, 0.717) is 36.7 Å². The summed E-state index contributed by atoms with van der Waals surface area (Å²) >= 11 is 0. The van der Waals surface area contributed by atoms with Crippen LogP contribution in [0.25, 0.3) is 0 Å². The van der Waals surface area contributed by atoms with Crippen molar-refractivity contribution >= 4 is 5.97 Å². The molecule has 0 saturated heterocycles. The SMILES string of the molecule is CCCOc1ccc2c(c1)C(c1ccc(OC)cc1CCCO)C(C(=O)O)C2c1ccc2c(c1)OCO2. The van der Waals surface area contributed by atoms with Crippen molar-refractivity contribution in [3.05, 3.63) is 82.4 Å². The summed E-state index contributed by atoms with van der Waals surface area (Å²) in [7, 11) is 1.61. The molecule has 0 fully saturated rings. The molecule has 7 nitrogen and oxygen atoms in total. The standard InChI is InChI=1S/C30H32O7/c1-3-13-35-21-8-10-23-24(16-21)28(22-9-7-20(34-2)14-18(22)5-4-12-31)29(30(32)33)27(23)19-6-11-25-26(15-19)37-17-36-25/h6-11,14-16,27-29,31H,3-5,12-13,17H2,1-2H3,(H,32,33). The molecule has 1 heterocycles. The van der Waals surface area contributed by atoms with Crippen LogP contribution < -0.4 is 18.9 Å². The fourth-order valence-corrected chi connectivity index (χ4v) is 5.63. The third-order valence-corrected chi connectivity index (χ3v) is 7.25. The quantitative estimate of drug-likeness (QED) is 0.396. The molecule has 0 spiro atoms. The molecular formula is C30H32O7. The van der Waals surface area contributed by atoms with Gasteiger partial charge in [0.2, 0.25) is 6.79 Å². The van der Waals surface area contributed by atoms with Crippen molar-refractivity contribution in [2.45, 2.75) is 38.0 Å². The first kappa shape index (κ1) is 25.0. The van der Waals surface area contributed by atoms with Gasteiger partial charge in [0.25, 0.3) is 0 Å². The van der Waals surface area contributed by atoms with Gasteiger partial charge >= 0.3 is 5.97 Å². The molecule has 3 atom stereocenters. The van der Waals surface area contributed by atoms with Crippen LogP contribution in [0.1, 0.15) is 59.4 Å². The van der Waals surface area contributed by atoms with Crippen LogP contribution in [0.5, 0.6) is 23.0 Å². The zero-order valence-electron chi connectivity index (χ0n) is 21.1. The molecule has 194 valence electrons. The van der Waals surface area contributed by atoms with Crippen LogP contribution in [0.2, 0.25) is 0 Å². The second kappa shape index (κ2) is 10.7. The van der Waals surface area contributed by atoms with Crippen LogP contribution in [0.3, 0.4) is 0 Å². The number of carbonyl (C=O) groups is 1. The van der Waals surface area contributed by atoms with E-state index < -0.39 is 17.8 Å². The molecule has 2 aliphatic rings. The fourth-order valence-electron chi connectivity index (χ4n) is 5.63. The number of aliphatic carboxylic acids is 1. The number of methoxy groups -OCH3 is 1. The fraction of sp³-hybridized carbons (Fsp3) is 0.367. The minimum absolute atomic E-state index is 0.0507. The van der Waals surface area contributed by atoms with E-state index in [1.165, 1.54) is 0 Å². The van der Waals surface area contributed by atoms with Crippen molar-refractivity contribution in [2.75, 3.05) is 27.1 Å². The maximum absolute atomic E-state index is 13.0. The molecule has 3 aromatic carbocycles. The number of carboxylic acids is 1. The lowest BCUT2D eigenvalue weighted by molar-refractivity contribution is -0.142. The van der Waals surface area contributed by atoms with Crippen LogP contribution in [-0.2, 0) is 11.2 Å². The zero-order valence-corrected chi connectivity index (χ0v) is 21.1. The summed E-state index contributed by atoms with van der Waals surface area (Å²) in [5, 5.41) is 20.2. The van der Waals surface area contributed by atoms with Crippen molar-refractivity contribution < 1.29 is 34.0 Å². The van der Waals surface area contributed by atoms with Gasteiger partial charge in [0, 0.05) is 18.4 Å². The lowest BCUT2D eigenvalue weighted by Crippen LogP contribution is -2.24. The molecule has 1 aliphatic carbocycles. The monoisotopic (exact) mass is 504 g/mol. The smallest absolute Gasteiger partial charge is 0.308 e. The van der Waals surface area contributed by atoms with Gasteiger partial charge in [-0.25, -0.2) is 0 Å². The average Bonchev–Trinajstić information content (AvgIpc) is 3.52. The highest BCUT2D eigenvalue weighted by Gasteiger charge is 2.47. The minimum Gasteiger partial charge on any atom is -0.497 e. The molecule has 0 saturated carbocycles. The van der Waals surface area contributed by atoms with Crippen LogP contribution in [-0.4, -0.2) is 43.3 Å². The molecule has 5 rings (SSSR count). The molecule has 0 radical (unpaired) electrons. The van der Waals surface area contributed by atoms with Crippen molar-refractivity contribution in [2.24, 2.45) is 5.92 Å². The topological polar surface area (TPSA) is 94.5 Å². The molecule has 37 heavy (non-hydrogen) atoms. The van der Waals surface area contributed by atoms with Gasteiger partial charge in [0.1, 0.15) is 11.5 Å². The molecule has 0 bridgehead atoms. The second-order valence-corrected chi connectivity index (χ2v) is 9.46. The van der Waals surface area contributed by atoms with Crippen molar-refractivity contribution in [1.82, 2.24) is 0 Å². The Hall–Kier alpha value is -3.71. The average molecular weight is 505 g/mol. The van der Waals surface area contributed by atoms with Crippen LogP contribution >= 0.6 is 0 Å². The lowest BCUT2D eigenvalue weighted by atomic mass is 9.78. The molecule has 2 N–H and O–H groups in total. The van der Waals surface area contributed by atoms with E-state index in [4.69, 9.17) is 18.9 Å². The Kier molecular flexibility index (Phi) is 7.24. The molecule has 0 amide bonds. The lowest BCUT2D eigenvalue weighted by Gasteiger charge is -2.25. The maximum Gasteiger partial charge on any atom is 0.308 e. The van der Waals surface area contributed by atoms with Crippen molar-refractivity contribution in [3.63, 3.8) is 0 Å². The summed E-state index contributed by atoms with van der Waals surface area (Å²) in [5.41, 5.74) is 4.68. The zero-order chi connectivity index (χ0) is 25.9. The summed E-state index contributed by atoms with van der Waals surface area (Å²) in [4.78, 5) is 13.0. The minimum atomic E-state index is -0.871. The van der Waals surface area contributed by atoms with Crippen molar-refractivity contribution in [3.8, 4) is 23.0 Å². The molecule has 3 unspecified atom stereocenters. The highest BCUT2D eigenvalue weighted by Crippen LogP contribution is 2.55. The van der Waals surface area contributed by atoms with Gasteiger partial charge in [0.15, 0.2) is 11.5 Å². The largest absolute Gasteiger partial charge is 0.497 e. The summed E-state index contributed by atoms with van der Waals surface area (Å²) in [6.45, 7) is 2.84. The van der Waals surface area contributed by atoms with Crippen LogP contribution in [0.4, 0.5) is 0 Å². The maximum atomic E-state index is 13.0. The first-order chi connectivity index (χ1) is 18.0. The molecule has 3 aromatic rings. The highest BCUT2D eigenvalue weighted by atomic mass is 16.7. The number of aliphatic hydroxyl groups excluding tert-OH is 1. The normalized spacial score (nSPS) is 19.5. The molecule has 1 aliphatic heterocycles. The van der Waals surface area contributed by atoms with Crippen LogP contribution in [0.15, 0.2) is 54.6 Å². The number of aliphatic hydroxyl groups is 1. The van der Waals surface area contributed by atoms with Gasteiger partial charge in [-0.05, 0) is 83.5 Å². The van der Waals surface area contributed by atoms with Gasteiger partial charge in [-0.15, -0.1) is 0 Å². The predicted octanol–water partition coefficient (Wildman–Crippen LogP) is 5.12. The number of hydrogen-bond donors (Lipinski definition) is 2. The summed E-state index contributed by atoms with van der Waals surface area (Å²) in [6.07, 6.45) is 2.06. The Bertz CT molecular complexity index is 1280. The summed E-state index contributed by atoms with van der Waals surface area (Å²) in [5.74, 6) is 0.299. The Morgan fingerprint density at radius 3 is 2.49 bits per heavy atom. The Labute approximate surface area is 216 Å². The van der Waals surface area contributed by atoms with Crippen molar-refractivity contribution in [1.29, 1.82) is 0 Å². The van der Waals surface area contributed by atoms with E-state index in [1.54, 1.807) is 7.11 Å². The van der Waals surface area contributed by atoms with Gasteiger partial charge in [-0.2, -0.15) is 0 Å². The van der Waals surface area contributed by atoms with Crippen LogP contribution in [0, 0.1) is 5.92 Å². The van der Waals surface area contributed by atoms with E-state index >= 15 is 0 Å². The van der Waals surface area contributed by atoms with Gasteiger partial charge in [-0.3, -0.25) is 4.79 Å². The van der Waals surface area contributed by atoms with Gasteiger partial charge < -0.3 is 29.2 Å². The summed E-state index contributed by atoms with van der Waals surface area (Å²) in [6, 6.07) is 17.4. The highest BCUT2D eigenvalue weighted by molar-refractivity contribution is 5.78. The van der Waals surface area contributed by atoms with E-state index in [0.717, 1.165) is 40.0 Å². The predicted molar refractivity (Wildman–Crippen MR) is 138 cm³/mol. The first-order valence-corrected chi connectivity index (χ1v) is 12.7. The molecule has 0 aromatic heterocycles. The van der Waals surface area contributed by atoms with E-state index in [2.05, 4.69) is 6.92 Å². The number of fused-ring (bicyclic) bond motifs is 2. The number of benzene rings is 3. The number of carboxylic acid groups (broad SMARTS) is 1. The van der Waals surface area contributed by atoms with E-state index in [-0.39, 0.29) is 19.3 Å². The number of aryl methyl sites for hydroxylation is 1. The number of hydrogen-bond acceptors (Lipinski definition) is 6. The van der Waals surface area contributed by atoms with E-state index in [9.17, 15) is 15.0 Å².